The molecular weight excluding hydrogens is 288 g/mol. The van der Waals surface area contributed by atoms with E-state index in [9.17, 15) is 20.2 Å². The Hall–Kier alpha value is -2.69. The molecule has 0 aliphatic carbocycles. The first-order valence-corrected chi connectivity index (χ1v) is 6.95. The Labute approximate surface area is 128 Å². The van der Waals surface area contributed by atoms with Crippen LogP contribution >= 0.6 is 0 Å². The minimum atomic E-state index is -0.655. The first-order valence-electron chi connectivity index (χ1n) is 6.95. The largest absolute Gasteiger partial charge is 0.371 e. The number of nitriles is 1. The van der Waals surface area contributed by atoms with E-state index in [1.807, 2.05) is 19.9 Å². The van der Waals surface area contributed by atoms with Crippen LogP contribution in [-0.4, -0.2) is 15.9 Å². The summed E-state index contributed by atoms with van der Waals surface area (Å²) in [6.07, 6.45) is 1.26. The molecular formula is C14H18N4O4. The highest BCUT2D eigenvalue weighted by atomic mass is 16.6. The molecule has 22 heavy (non-hydrogen) atoms. The number of rotatable bonds is 7. The molecule has 0 heterocycles. The lowest BCUT2D eigenvalue weighted by Crippen LogP contribution is -2.19. The molecule has 1 aromatic carbocycles. The Morgan fingerprint density at radius 1 is 1.27 bits per heavy atom. The monoisotopic (exact) mass is 306 g/mol. The number of hydrogen-bond acceptors (Lipinski definition) is 6. The summed E-state index contributed by atoms with van der Waals surface area (Å²) in [7, 11) is 0. The molecule has 1 aromatic rings. The Kier molecular flexibility index (Phi) is 5.81. The van der Waals surface area contributed by atoms with Crippen molar-refractivity contribution in [3.05, 3.63) is 37.4 Å². The fourth-order valence-corrected chi connectivity index (χ4v) is 2.29. The van der Waals surface area contributed by atoms with Gasteiger partial charge in [-0.05, 0) is 25.3 Å². The molecule has 0 saturated carbocycles. The van der Waals surface area contributed by atoms with Crippen molar-refractivity contribution in [2.75, 3.05) is 5.32 Å². The highest BCUT2D eigenvalue weighted by Crippen LogP contribution is 2.40. The number of nitrogens with one attached hydrogen (secondary N) is 1. The summed E-state index contributed by atoms with van der Waals surface area (Å²) in [4.78, 5) is 21.4. The van der Waals surface area contributed by atoms with Gasteiger partial charge in [-0.25, -0.2) is 0 Å². The second kappa shape index (κ2) is 7.36. The number of anilines is 1. The molecule has 118 valence electrons. The lowest BCUT2D eigenvalue weighted by molar-refractivity contribution is -0.392. The summed E-state index contributed by atoms with van der Waals surface area (Å²) in [6, 6.07) is 3.02. The van der Waals surface area contributed by atoms with Crippen LogP contribution in [-0.2, 0) is 6.42 Å². The average molecular weight is 306 g/mol. The van der Waals surface area contributed by atoms with E-state index in [1.165, 1.54) is 13.0 Å². The maximum Gasteiger partial charge on any atom is 0.302 e. The summed E-state index contributed by atoms with van der Waals surface area (Å²) in [5.41, 5.74) is -0.190. The van der Waals surface area contributed by atoms with Gasteiger partial charge in [-0.2, -0.15) is 5.26 Å². The fraction of sp³-hybridized carbons (Fsp3) is 0.500. The standard InChI is InChI=1S/C14H18N4O4/c1-4-11(5-2)16-13-12(17(19)20)8-10(6-7-15)9(3)14(13)18(21)22/h8,11,16H,4-6H2,1-3H3. The Balaban J connectivity index is 3.63. The van der Waals surface area contributed by atoms with Crippen LogP contribution in [0.1, 0.15) is 37.8 Å². The smallest absolute Gasteiger partial charge is 0.302 e. The van der Waals surface area contributed by atoms with Crippen molar-refractivity contribution in [2.45, 2.75) is 46.1 Å². The van der Waals surface area contributed by atoms with Crippen molar-refractivity contribution in [1.82, 2.24) is 0 Å². The zero-order chi connectivity index (χ0) is 16.9. The molecule has 1 N–H and O–H groups in total. The predicted molar refractivity (Wildman–Crippen MR) is 81.8 cm³/mol. The van der Waals surface area contributed by atoms with Crippen LogP contribution in [0.15, 0.2) is 6.07 Å². The summed E-state index contributed by atoms with van der Waals surface area (Å²) < 4.78 is 0. The van der Waals surface area contributed by atoms with Gasteiger partial charge in [0, 0.05) is 17.7 Å². The van der Waals surface area contributed by atoms with Crippen LogP contribution in [0, 0.1) is 38.5 Å². The van der Waals surface area contributed by atoms with Crippen molar-refractivity contribution < 1.29 is 9.85 Å². The Morgan fingerprint density at radius 3 is 2.27 bits per heavy atom. The fourth-order valence-electron chi connectivity index (χ4n) is 2.29. The van der Waals surface area contributed by atoms with Gasteiger partial charge in [0.05, 0.1) is 22.3 Å². The van der Waals surface area contributed by atoms with E-state index in [1.54, 1.807) is 0 Å². The van der Waals surface area contributed by atoms with Crippen molar-refractivity contribution in [3.8, 4) is 6.07 Å². The molecule has 0 unspecified atom stereocenters. The van der Waals surface area contributed by atoms with E-state index < -0.39 is 9.85 Å². The second-order valence-electron chi connectivity index (χ2n) is 4.91. The van der Waals surface area contributed by atoms with Gasteiger partial charge in [-0.3, -0.25) is 20.2 Å². The number of benzene rings is 1. The molecule has 0 saturated heterocycles. The third-order valence-corrected chi connectivity index (χ3v) is 3.62. The maximum absolute atomic E-state index is 11.4. The van der Waals surface area contributed by atoms with Gasteiger partial charge < -0.3 is 5.32 Å². The SMILES string of the molecule is CCC(CC)Nc1c([N+](=O)[O-])cc(CC#N)c(C)c1[N+](=O)[O-]. The summed E-state index contributed by atoms with van der Waals surface area (Å²) >= 11 is 0. The lowest BCUT2D eigenvalue weighted by atomic mass is 10.0. The molecule has 0 radical (unpaired) electrons. The highest BCUT2D eigenvalue weighted by Gasteiger charge is 2.31. The average Bonchev–Trinajstić information content (AvgIpc) is 2.46. The molecule has 0 fully saturated rings. The van der Waals surface area contributed by atoms with Crippen molar-refractivity contribution >= 4 is 17.1 Å². The summed E-state index contributed by atoms with van der Waals surface area (Å²) in [5, 5.41) is 34.4. The zero-order valence-electron chi connectivity index (χ0n) is 12.8. The number of nitrogens with zero attached hydrogens (tertiary/aromatic N) is 3. The minimum Gasteiger partial charge on any atom is -0.371 e. The summed E-state index contributed by atoms with van der Waals surface area (Å²) in [5.74, 6) is 0. The molecule has 1 rings (SSSR count). The van der Waals surface area contributed by atoms with Gasteiger partial charge in [0.25, 0.3) is 5.69 Å². The number of hydrogen-bond donors (Lipinski definition) is 1. The topological polar surface area (TPSA) is 122 Å². The van der Waals surface area contributed by atoms with Gasteiger partial charge in [0.2, 0.25) is 0 Å². The minimum absolute atomic E-state index is 0.0807. The molecule has 0 aromatic heterocycles. The van der Waals surface area contributed by atoms with Crippen LogP contribution in [0.4, 0.5) is 17.1 Å². The van der Waals surface area contributed by atoms with Gasteiger partial charge >= 0.3 is 5.69 Å². The van der Waals surface area contributed by atoms with Crippen LogP contribution in [0.5, 0.6) is 0 Å². The maximum atomic E-state index is 11.4. The molecule has 8 heteroatoms. The van der Waals surface area contributed by atoms with E-state index in [2.05, 4.69) is 5.32 Å². The molecule has 0 aliphatic heterocycles. The molecule has 0 aliphatic rings. The van der Waals surface area contributed by atoms with Gasteiger partial charge in [-0.1, -0.05) is 13.8 Å². The first kappa shape index (κ1) is 17.4. The molecule has 0 spiro atoms. The van der Waals surface area contributed by atoms with E-state index >= 15 is 0 Å². The van der Waals surface area contributed by atoms with E-state index in [-0.39, 0.29) is 35.1 Å². The lowest BCUT2D eigenvalue weighted by Gasteiger charge is -2.17. The van der Waals surface area contributed by atoms with E-state index in [4.69, 9.17) is 5.26 Å². The summed E-state index contributed by atoms with van der Waals surface area (Å²) in [6.45, 7) is 5.30. The van der Waals surface area contributed by atoms with Crippen LogP contribution in [0.25, 0.3) is 0 Å². The molecule has 0 atom stereocenters. The quantitative estimate of drug-likeness (QED) is 0.607. The number of nitro groups is 2. The third-order valence-electron chi connectivity index (χ3n) is 3.62. The van der Waals surface area contributed by atoms with Gasteiger partial charge in [-0.15, -0.1) is 0 Å². The van der Waals surface area contributed by atoms with Gasteiger partial charge in [0.15, 0.2) is 5.69 Å². The highest BCUT2D eigenvalue weighted by molar-refractivity contribution is 5.78. The van der Waals surface area contributed by atoms with Crippen LogP contribution in [0.3, 0.4) is 0 Å². The van der Waals surface area contributed by atoms with Crippen molar-refractivity contribution in [3.63, 3.8) is 0 Å². The van der Waals surface area contributed by atoms with E-state index in [0.717, 1.165) is 0 Å². The van der Waals surface area contributed by atoms with Crippen molar-refractivity contribution in [2.24, 2.45) is 0 Å². The normalized spacial score (nSPS) is 10.3. The molecule has 0 amide bonds. The van der Waals surface area contributed by atoms with Crippen LogP contribution < -0.4 is 5.32 Å². The number of nitro benzene ring substituents is 2. The molecule has 0 bridgehead atoms. The molecule has 8 nitrogen and oxygen atoms in total. The van der Waals surface area contributed by atoms with Crippen molar-refractivity contribution in [1.29, 1.82) is 5.26 Å². The predicted octanol–water partition coefficient (Wildman–Crippen LogP) is 3.48. The zero-order valence-corrected chi connectivity index (χ0v) is 12.8. The Bertz CT molecular complexity index is 633. The second-order valence-corrected chi connectivity index (χ2v) is 4.91. The first-order chi connectivity index (χ1) is 10.4. The van der Waals surface area contributed by atoms with Crippen LogP contribution in [0.2, 0.25) is 0 Å². The van der Waals surface area contributed by atoms with Gasteiger partial charge in [0.1, 0.15) is 0 Å². The van der Waals surface area contributed by atoms with E-state index in [0.29, 0.717) is 18.4 Å². The third kappa shape index (κ3) is 3.49. The Morgan fingerprint density at radius 2 is 1.86 bits per heavy atom.